The monoisotopic (exact) mass is 291 g/mol. The minimum atomic E-state index is 0.116. The van der Waals surface area contributed by atoms with Gasteiger partial charge in [0.05, 0.1) is 11.5 Å². The number of amides is 1. The topological polar surface area (TPSA) is 49.6 Å². The number of thiocarbonyl (C=S) groups is 1. The Labute approximate surface area is 120 Å². The lowest BCUT2D eigenvalue weighted by molar-refractivity contribution is -0.131. The van der Waals surface area contributed by atoms with Crippen LogP contribution in [0.15, 0.2) is 0 Å². The van der Waals surface area contributed by atoms with Crippen molar-refractivity contribution in [2.24, 2.45) is 5.73 Å². The second kappa shape index (κ2) is 9.58. The third-order valence-corrected chi connectivity index (χ3v) is 3.84. The largest absolute Gasteiger partial charge is 0.393 e. The fourth-order valence-corrected chi connectivity index (χ4v) is 2.07. The Bertz CT molecular complexity index is 274. The summed E-state index contributed by atoms with van der Waals surface area (Å²) in [6.07, 6.45) is 3.78. The normalized spacial score (nSPS) is 12.5. The van der Waals surface area contributed by atoms with Gasteiger partial charge in [0.15, 0.2) is 0 Å². The molecular weight excluding hydrogens is 266 g/mol. The maximum atomic E-state index is 11.9. The number of nitrogens with zero attached hydrogens (tertiary/aromatic N) is 2. The molecule has 4 nitrogen and oxygen atoms in total. The second-order valence-corrected chi connectivity index (χ2v) is 6.09. The minimum absolute atomic E-state index is 0.116. The highest BCUT2D eigenvalue weighted by Gasteiger charge is 2.15. The maximum Gasteiger partial charge on any atom is 0.236 e. The van der Waals surface area contributed by atoms with Crippen molar-refractivity contribution in [3.8, 4) is 0 Å². The van der Waals surface area contributed by atoms with E-state index < -0.39 is 0 Å². The van der Waals surface area contributed by atoms with Crippen molar-refractivity contribution in [1.29, 1.82) is 0 Å². The minimum Gasteiger partial charge on any atom is -0.393 e. The van der Waals surface area contributed by atoms with E-state index >= 15 is 0 Å². The zero-order chi connectivity index (χ0) is 14.1. The smallest absolute Gasteiger partial charge is 0.236 e. The molecule has 0 bridgehead atoms. The molecule has 0 heterocycles. The fraction of sp³-hybridized carbons (Fsp3) is 0.833. The van der Waals surface area contributed by atoms with E-state index in [1.165, 1.54) is 0 Å². The van der Waals surface area contributed by atoms with Crippen molar-refractivity contribution in [2.75, 3.05) is 39.2 Å². The fourth-order valence-electron chi connectivity index (χ4n) is 1.40. The first-order chi connectivity index (χ1) is 8.38. The Morgan fingerprint density at radius 1 is 1.44 bits per heavy atom. The molecule has 2 N–H and O–H groups in total. The van der Waals surface area contributed by atoms with Crippen LogP contribution in [0, 0.1) is 0 Å². The van der Waals surface area contributed by atoms with Crippen LogP contribution in [0.5, 0.6) is 0 Å². The van der Waals surface area contributed by atoms with E-state index in [-0.39, 0.29) is 5.91 Å². The summed E-state index contributed by atoms with van der Waals surface area (Å²) < 4.78 is 0. The Balaban J connectivity index is 4.01. The van der Waals surface area contributed by atoms with E-state index in [1.807, 2.05) is 18.8 Å². The van der Waals surface area contributed by atoms with Crippen molar-refractivity contribution in [3.63, 3.8) is 0 Å². The van der Waals surface area contributed by atoms with Gasteiger partial charge in [-0.05, 0) is 32.4 Å². The number of rotatable bonds is 9. The lowest BCUT2D eigenvalue weighted by Gasteiger charge is -2.26. The zero-order valence-electron chi connectivity index (χ0n) is 11.8. The molecule has 0 saturated carbocycles. The van der Waals surface area contributed by atoms with Gasteiger partial charge in [0.1, 0.15) is 0 Å². The summed E-state index contributed by atoms with van der Waals surface area (Å²) in [6.45, 7) is 3.20. The molecule has 0 aromatic rings. The molecular formula is C12H25N3OS2. The molecule has 0 fully saturated rings. The Kier molecular flexibility index (Phi) is 9.40. The molecule has 0 radical (unpaired) electrons. The average Bonchev–Trinajstić information content (AvgIpc) is 2.32. The first-order valence-corrected chi connectivity index (χ1v) is 7.90. The van der Waals surface area contributed by atoms with Gasteiger partial charge in [0.2, 0.25) is 5.91 Å². The number of thioether (sulfide) groups is 1. The highest BCUT2D eigenvalue weighted by Crippen LogP contribution is 2.06. The molecule has 0 spiro atoms. The number of hydrogen-bond acceptors (Lipinski definition) is 4. The Hall–Kier alpha value is -0.330. The quantitative estimate of drug-likeness (QED) is 0.647. The van der Waals surface area contributed by atoms with Gasteiger partial charge in [0, 0.05) is 26.1 Å². The van der Waals surface area contributed by atoms with E-state index in [2.05, 4.69) is 18.1 Å². The Morgan fingerprint density at radius 3 is 2.56 bits per heavy atom. The zero-order valence-corrected chi connectivity index (χ0v) is 13.4. The highest BCUT2D eigenvalue weighted by atomic mass is 32.2. The lowest BCUT2D eigenvalue weighted by atomic mass is 10.2. The van der Waals surface area contributed by atoms with Gasteiger partial charge < -0.3 is 10.6 Å². The predicted octanol–water partition coefficient (Wildman–Crippen LogP) is 1.19. The standard InChI is InChI=1S/C12H25N3OS2/c1-10(6-8-18-4)15(3)9-12(16)14(2)7-5-11(13)17/h10H,5-9H2,1-4H3,(H2,13,17). The van der Waals surface area contributed by atoms with Crippen molar-refractivity contribution in [1.82, 2.24) is 9.80 Å². The number of hydrogen-bond donors (Lipinski definition) is 1. The van der Waals surface area contributed by atoms with Gasteiger partial charge in [-0.15, -0.1) is 0 Å². The first kappa shape index (κ1) is 17.7. The van der Waals surface area contributed by atoms with Gasteiger partial charge in [-0.25, -0.2) is 0 Å². The molecule has 0 aliphatic rings. The molecule has 6 heteroatoms. The van der Waals surface area contributed by atoms with Crippen LogP contribution in [0.4, 0.5) is 0 Å². The molecule has 0 rings (SSSR count). The van der Waals surface area contributed by atoms with Crippen molar-refractivity contribution in [3.05, 3.63) is 0 Å². The van der Waals surface area contributed by atoms with E-state index in [0.29, 0.717) is 30.5 Å². The van der Waals surface area contributed by atoms with E-state index in [4.69, 9.17) is 18.0 Å². The molecule has 106 valence electrons. The van der Waals surface area contributed by atoms with E-state index in [9.17, 15) is 4.79 Å². The van der Waals surface area contributed by atoms with Crippen LogP contribution in [0.1, 0.15) is 19.8 Å². The van der Waals surface area contributed by atoms with Gasteiger partial charge in [-0.3, -0.25) is 9.69 Å². The number of nitrogens with two attached hydrogens (primary N) is 1. The van der Waals surface area contributed by atoms with Crippen molar-refractivity contribution < 1.29 is 4.79 Å². The summed E-state index contributed by atoms with van der Waals surface area (Å²) in [5.74, 6) is 1.24. The highest BCUT2D eigenvalue weighted by molar-refractivity contribution is 7.98. The molecule has 0 aliphatic heterocycles. The number of carbonyl (C=O) groups is 1. The summed E-state index contributed by atoms with van der Waals surface area (Å²) >= 11 is 6.64. The van der Waals surface area contributed by atoms with E-state index in [0.717, 1.165) is 12.2 Å². The van der Waals surface area contributed by atoms with Crippen LogP contribution in [0.25, 0.3) is 0 Å². The first-order valence-electron chi connectivity index (χ1n) is 6.10. The molecule has 18 heavy (non-hydrogen) atoms. The molecule has 1 atom stereocenters. The second-order valence-electron chi connectivity index (χ2n) is 4.58. The van der Waals surface area contributed by atoms with Crippen molar-refractivity contribution in [2.45, 2.75) is 25.8 Å². The number of likely N-dealkylation sites (N-methyl/N-ethyl adjacent to an activating group) is 2. The molecule has 1 unspecified atom stereocenters. The van der Waals surface area contributed by atoms with Crippen LogP contribution >= 0.6 is 24.0 Å². The third-order valence-electron chi connectivity index (χ3n) is 3.00. The molecule has 0 aromatic heterocycles. The van der Waals surface area contributed by atoms with Crippen LogP contribution in [0.2, 0.25) is 0 Å². The molecule has 0 aliphatic carbocycles. The summed E-state index contributed by atoms with van der Waals surface area (Å²) in [5.41, 5.74) is 5.43. The van der Waals surface area contributed by atoms with Crippen LogP contribution < -0.4 is 5.73 Å². The summed E-state index contributed by atoms with van der Waals surface area (Å²) in [6, 6.07) is 0.422. The third kappa shape index (κ3) is 7.89. The van der Waals surface area contributed by atoms with Crippen molar-refractivity contribution >= 4 is 34.9 Å². The van der Waals surface area contributed by atoms with Gasteiger partial charge >= 0.3 is 0 Å². The lowest BCUT2D eigenvalue weighted by Crippen LogP contribution is -2.41. The SMILES string of the molecule is CSCCC(C)N(C)CC(=O)N(C)CCC(N)=S. The van der Waals surface area contributed by atoms with E-state index in [1.54, 1.807) is 11.9 Å². The molecule has 0 aromatic carbocycles. The van der Waals surface area contributed by atoms with Crippen LogP contribution in [-0.4, -0.2) is 65.9 Å². The summed E-state index contributed by atoms with van der Waals surface area (Å²) in [5, 5.41) is 0. The average molecular weight is 291 g/mol. The maximum absolute atomic E-state index is 11.9. The van der Waals surface area contributed by atoms with Gasteiger partial charge in [-0.1, -0.05) is 12.2 Å². The molecule has 0 saturated heterocycles. The summed E-state index contributed by atoms with van der Waals surface area (Å²) in [7, 11) is 3.78. The van der Waals surface area contributed by atoms with Gasteiger partial charge in [0.25, 0.3) is 0 Å². The van der Waals surface area contributed by atoms with Gasteiger partial charge in [-0.2, -0.15) is 11.8 Å². The van der Waals surface area contributed by atoms with Crippen LogP contribution in [0.3, 0.4) is 0 Å². The number of carbonyl (C=O) groups excluding carboxylic acids is 1. The predicted molar refractivity (Wildman–Crippen MR) is 84.1 cm³/mol. The van der Waals surface area contributed by atoms with Crippen LogP contribution in [-0.2, 0) is 4.79 Å². The molecule has 1 amide bonds. The summed E-state index contributed by atoms with van der Waals surface area (Å²) in [4.78, 5) is 16.2. The Morgan fingerprint density at radius 2 is 2.06 bits per heavy atom.